The van der Waals surface area contributed by atoms with Crippen LogP contribution < -0.4 is 5.32 Å². The zero-order valence-corrected chi connectivity index (χ0v) is 12.7. The van der Waals surface area contributed by atoms with Crippen molar-refractivity contribution < 1.29 is 9.21 Å². The standard InChI is InChI=1S/C15H21N5O2/c1-2-19-6-7-20(10-13(19)14-16-4-5-17-14)15(21)18-9-12-3-8-22-11-12/h3-5,8,11,13H,2,6-7,9-10H2,1H3,(H,16,17)(H,18,21). The Morgan fingerprint density at radius 1 is 1.55 bits per heavy atom. The number of aromatic amines is 1. The van der Waals surface area contributed by atoms with Crippen molar-refractivity contribution in [2.75, 3.05) is 26.2 Å². The number of nitrogens with one attached hydrogen (secondary N) is 2. The van der Waals surface area contributed by atoms with Gasteiger partial charge in [0.2, 0.25) is 0 Å². The van der Waals surface area contributed by atoms with Gasteiger partial charge in [0.15, 0.2) is 0 Å². The van der Waals surface area contributed by atoms with Crippen molar-refractivity contribution in [3.8, 4) is 0 Å². The first-order chi connectivity index (χ1) is 10.8. The fraction of sp³-hybridized carbons (Fsp3) is 0.467. The molecule has 118 valence electrons. The summed E-state index contributed by atoms with van der Waals surface area (Å²) in [5.41, 5.74) is 0.961. The molecule has 22 heavy (non-hydrogen) atoms. The van der Waals surface area contributed by atoms with Crippen molar-refractivity contribution >= 4 is 6.03 Å². The van der Waals surface area contributed by atoms with Crippen LogP contribution in [0, 0.1) is 0 Å². The average Bonchev–Trinajstić information content (AvgIpc) is 3.25. The Morgan fingerprint density at radius 2 is 2.45 bits per heavy atom. The van der Waals surface area contributed by atoms with E-state index >= 15 is 0 Å². The fourth-order valence-electron chi connectivity index (χ4n) is 2.79. The highest BCUT2D eigenvalue weighted by molar-refractivity contribution is 5.74. The third-order valence-corrected chi connectivity index (χ3v) is 4.04. The molecule has 1 aliphatic heterocycles. The molecule has 7 heteroatoms. The van der Waals surface area contributed by atoms with Gasteiger partial charge in [-0.2, -0.15) is 0 Å². The number of aromatic nitrogens is 2. The Kier molecular flexibility index (Phi) is 4.43. The highest BCUT2D eigenvalue weighted by Crippen LogP contribution is 2.22. The lowest BCUT2D eigenvalue weighted by atomic mass is 10.1. The summed E-state index contributed by atoms with van der Waals surface area (Å²) < 4.78 is 5.00. The second kappa shape index (κ2) is 6.65. The van der Waals surface area contributed by atoms with Crippen LogP contribution in [0.15, 0.2) is 35.4 Å². The van der Waals surface area contributed by atoms with Crippen molar-refractivity contribution in [3.63, 3.8) is 0 Å². The monoisotopic (exact) mass is 303 g/mol. The molecular formula is C15H21N5O2. The van der Waals surface area contributed by atoms with E-state index in [2.05, 4.69) is 27.1 Å². The summed E-state index contributed by atoms with van der Waals surface area (Å²) in [7, 11) is 0. The first kappa shape index (κ1) is 14.6. The molecule has 2 N–H and O–H groups in total. The summed E-state index contributed by atoms with van der Waals surface area (Å²) in [4.78, 5) is 24.0. The van der Waals surface area contributed by atoms with E-state index in [1.165, 1.54) is 0 Å². The molecule has 3 rings (SSSR count). The summed E-state index contributed by atoms with van der Waals surface area (Å²) in [5, 5.41) is 2.93. The Hall–Kier alpha value is -2.28. The van der Waals surface area contributed by atoms with Crippen LogP contribution in [0.3, 0.4) is 0 Å². The average molecular weight is 303 g/mol. The highest BCUT2D eigenvalue weighted by Gasteiger charge is 2.31. The van der Waals surface area contributed by atoms with Crippen LogP contribution in [0.4, 0.5) is 4.79 Å². The topological polar surface area (TPSA) is 77.4 Å². The van der Waals surface area contributed by atoms with E-state index in [1.807, 2.05) is 17.2 Å². The molecule has 0 saturated carbocycles. The van der Waals surface area contributed by atoms with Crippen LogP contribution in [-0.4, -0.2) is 52.0 Å². The lowest BCUT2D eigenvalue weighted by Gasteiger charge is -2.39. The number of rotatable bonds is 4. The number of carbonyl (C=O) groups is 1. The molecule has 0 aromatic carbocycles. The number of amides is 2. The summed E-state index contributed by atoms with van der Waals surface area (Å²) in [6.45, 7) is 5.76. The van der Waals surface area contributed by atoms with Crippen LogP contribution in [-0.2, 0) is 6.54 Å². The SMILES string of the molecule is CCN1CCN(C(=O)NCc2ccoc2)CC1c1ncc[nH]1. The number of carbonyl (C=O) groups excluding carboxylic acids is 1. The van der Waals surface area contributed by atoms with Crippen molar-refractivity contribution in [1.29, 1.82) is 0 Å². The van der Waals surface area contributed by atoms with Gasteiger partial charge in [-0.25, -0.2) is 9.78 Å². The molecule has 1 unspecified atom stereocenters. The molecule has 0 aliphatic carbocycles. The lowest BCUT2D eigenvalue weighted by Crippen LogP contribution is -2.53. The van der Waals surface area contributed by atoms with Gasteiger partial charge in [0.1, 0.15) is 5.82 Å². The first-order valence-corrected chi connectivity index (χ1v) is 7.55. The molecule has 2 aromatic rings. The molecule has 1 aliphatic rings. The molecule has 2 aromatic heterocycles. The number of H-pyrrole nitrogens is 1. The van der Waals surface area contributed by atoms with Crippen LogP contribution in [0.5, 0.6) is 0 Å². The van der Waals surface area contributed by atoms with Crippen molar-refractivity contribution in [3.05, 3.63) is 42.4 Å². The summed E-state index contributed by atoms with van der Waals surface area (Å²) in [5.74, 6) is 0.911. The lowest BCUT2D eigenvalue weighted by molar-refractivity contribution is 0.0896. The number of furan rings is 1. The molecule has 0 spiro atoms. The van der Waals surface area contributed by atoms with Gasteiger partial charge >= 0.3 is 6.03 Å². The summed E-state index contributed by atoms with van der Waals surface area (Å²) in [6, 6.07) is 1.92. The van der Waals surface area contributed by atoms with E-state index in [0.717, 1.165) is 31.0 Å². The van der Waals surface area contributed by atoms with Crippen LogP contribution >= 0.6 is 0 Å². The minimum absolute atomic E-state index is 0.0477. The number of piperazine rings is 1. The van der Waals surface area contributed by atoms with Gasteiger partial charge in [0.05, 0.1) is 18.6 Å². The van der Waals surface area contributed by atoms with Crippen LogP contribution in [0.2, 0.25) is 0 Å². The number of nitrogens with zero attached hydrogens (tertiary/aromatic N) is 3. The second-order valence-electron chi connectivity index (χ2n) is 5.36. The molecular weight excluding hydrogens is 282 g/mol. The number of imidazole rings is 1. The molecule has 7 nitrogen and oxygen atoms in total. The van der Waals surface area contributed by atoms with E-state index in [4.69, 9.17) is 4.42 Å². The Labute approximate surface area is 129 Å². The largest absolute Gasteiger partial charge is 0.472 e. The third kappa shape index (κ3) is 3.14. The van der Waals surface area contributed by atoms with E-state index in [0.29, 0.717) is 13.1 Å². The predicted molar refractivity (Wildman–Crippen MR) is 81.1 cm³/mol. The normalized spacial score (nSPS) is 19.3. The highest BCUT2D eigenvalue weighted by atomic mass is 16.3. The molecule has 0 bridgehead atoms. The van der Waals surface area contributed by atoms with E-state index in [1.54, 1.807) is 18.7 Å². The van der Waals surface area contributed by atoms with Gasteiger partial charge in [-0.15, -0.1) is 0 Å². The van der Waals surface area contributed by atoms with Crippen molar-refractivity contribution in [2.24, 2.45) is 0 Å². The zero-order chi connectivity index (χ0) is 15.4. The van der Waals surface area contributed by atoms with Gasteiger partial charge in [0.25, 0.3) is 0 Å². The molecule has 2 amide bonds. The minimum Gasteiger partial charge on any atom is -0.472 e. The molecule has 1 saturated heterocycles. The first-order valence-electron chi connectivity index (χ1n) is 7.55. The van der Waals surface area contributed by atoms with Crippen LogP contribution in [0.25, 0.3) is 0 Å². The Balaban J connectivity index is 1.61. The van der Waals surface area contributed by atoms with E-state index in [9.17, 15) is 4.79 Å². The van der Waals surface area contributed by atoms with E-state index in [-0.39, 0.29) is 12.1 Å². The number of hydrogen-bond acceptors (Lipinski definition) is 4. The maximum atomic E-state index is 12.3. The van der Waals surface area contributed by atoms with Gasteiger partial charge in [-0.3, -0.25) is 4.90 Å². The van der Waals surface area contributed by atoms with Crippen molar-refractivity contribution in [1.82, 2.24) is 25.1 Å². The fourth-order valence-corrected chi connectivity index (χ4v) is 2.79. The van der Waals surface area contributed by atoms with Crippen molar-refractivity contribution in [2.45, 2.75) is 19.5 Å². The summed E-state index contributed by atoms with van der Waals surface area (Å²) >= 11 is 0. The summed E-state index contributed by atoms with van der Waals surface area (Å²) in [6.07, 6.45) is 6.82. The van der Waals surface area contributed by atoms with Crippen LogP contribution in [0.1, 0.15) is 24.4 Å². The van der Waals surface area contributed by atoms with Gasteiger partial charge in [-0.1, -0.05) is 6.92 Å². The number of urea groups is 1. The maximum Gasteiger partial charge on any atom is 0.317 e. The molecule has 1 fully saturated rings. The Bertz CT molecular complexity index is 581. The molecule has 1 atom stereocenters. The third-order valence-electron chi connectivity index (χ3n) is 4.04. The zero-order valence-electron chi connectivity index (χ0n) is 12.7. The number of hydrogen-bond donors (Lipinski definition) is 2. The smallest absolute Gasteiger partial charge is 0.317 e. The van der Waals surface area contributed by atoms with E-state index < -0.39 is 0 Å². The molecule has 3 heterocycles. The maximum absolute atomic E-state index is 12.3. The Morgan fingerprint density at radius 3 is 3.14 bits per heavy atom. The molecule has 0 radical (unpaired) electrons. The quantitative estimate of drug-likeness (QED) is 0.899. The number of likely N-dealkylation sites (N-methyl/N-ethyl adjacent to an activating group) is 1. The second-order valence-corrected chi connectivity index (χ2v) is 5.36. The predicted octanol–water partition coefficient (Wildman–Crippen LogP) is 1.59. The van der Waals surface area contributed by atoms with Gasteiger partial charge in [0, 0.05) is 44.1 Å². The van der Waals surface area contributed by atoms with Gasteiger partial charge in [-0.05, 0) is 12.6 Å². The minimum atomic E-state index is -0.0477. The van der Waals surface area contributed by atoms with Gasteiger partial charge < -0.3 is 19.6 Å².